The molecule has 0 unspecified atom stereocenters. The normalized spacial score (nSPS) is 14.1. The van der Waals surface area contributed by atoms with Crippen molar-refractivity contribution in [3.8, 4) is 0 Å². The second-order valence-electron chi connectivity index (χ2n) is 15.9. The van der Waals surface area contributed by atoms with Gasteiger partial charge in [-0.1, -0.05) is 73.2 Å². The number of amides is 6. The first-order valence-corrected chi connectivity index (χ1v) is 21.3. The van der Waals surface area contributed by atoms with Gasteiger partial charge in [-0.2, -0.15) is 0 Å². The highest BCUT2D eigenvalue weighted by Crippen LogP contribution is 2.21. The molecule has 3 aromatic heterocycles. The van der Waals surface area contributed by atoms with E-state index in [0.717, 1.165) is 27.4 Å². The van der Waals surface area contributed by atoms with Crippen LogP contribution in [0.5, 0.6) is 0 Å². The molecule has 0 bridgehead atoms. The lowest BCUT2D eigenvalue weighted by atomic mass is 10.0. The Morgan fingerprint density at radius 1 is 0.578 bits per heavy atom. The number of H-pyrrole nitrogens is 3. The number of hydrogen-bond donors (Lipinski definition) is 11. The van der Waals surface area contributed by atoms with Crippen molar-refractivity contribution in [2.75, 3.05) is 6.54 Å². The van der Waals surface area contributed by atoms with E-state index in [9.17, 15) is 28.8 Å². The van der Waals surface area contributed by atoms with E-state index >= 15 is 0 Å². The smallest absolute Gasteiger partial charge is 0.249 e. The summed E-state index contributed by atoms with van der Waals surface area (Å²) < 4.78 is 0. The zero-order valence-corrected chi connectivity index (χ0v) is 35.6. The molecule has 64 heavy (non-hydrogen) atoms. The van der Waals surface area contributed by atoms with Crippen LogP contribution >= 0.6 is 0 Å². The highest BCUT2D eigenvalue weighted by Gasteiger charge is 2.32. The summed E-state index contributed by atoms with van der Waals surface area (Å²) in [6.07, 6.45) is 8.29. The molecular formula is C46H56N12O6. The summed E-state index contributed by atoms with van der Waals surface area (Å²) in [4.78, 5) is 95.9. The highest BCUT2D eigenvalue weighted by molar-refractivity contribution is 6.02. The number of nitrogens with one attached hydrogen (secondary N) is 8. The summed E-state index contributed by atoms with van der Waals surface area (Å²) in [6.45, 7) is 1.89. The van der Waals surface area contributed by atoms with Crippen molar-refractivity contribution in [1.82, 2.24) is 46.5 Å². The predicted octanol–water partition coefficient (Wildman–Crippen LogP) is 1.03. The number of benzene rings is 3. The van der Waals surface area contributed by atoms with Crippen molar-refractivity contribution in [2.45, 2.75) is 88.1 Å². The summed E-state index contributed by atoms with van der Waals surface area (Å²) in [5, 5.41) is 15.1. The average molecular weight is 873 g/mol. The third-order valence-electron chi connectivity index (χ3n) is 11.0. The van der Waals surface area contributed by atoms with Gasteiger partial charge in [-0.05, 0) is 55.1 Å². The molecule has 0 aliphatic rings. The Kier molecular flexibility index (Phi) is 16.1. The standard InChI is InChI=1S/C46H56N12O6/c1-27(54-44(62)39(20-29-23-51-36-16-7-5-13-32(29)36)56-43(61)35(49)22-31-25-50-26-53-31)41(59)55-40(21-30-24-52-37-17-8-6-14-33(30)37)45(63)57-38(19-28-11-3-2-4-12-28)46(64)58-42(60)34(48)15-9-10-18-47/h2-8,11-14,16-17,23-27,34-35,38-40,51-52H,9-10,15,18-22,47-49H2,1H3,(H,50,53)(H,54,62)(H,55,59)(H,56,61)(H,57,63)(H,58,60,64)/t27-,34+,35+,38-,39+,40-/m1/s1. The Hall–Kier alpha value is -7.15. The maximum absolute atomic E-state index is 14.4. The SMILES string of the molecule is C[C@@H](NC(=O)[C@H](Cc1c[nH]c2ccccc12)NC(=O)[C@@H](N)Cc1cnc[nH]1)C(=O)N[C@H](Cc1c[nH]c2ccccc12)C(=O)N[C@H](Cc1ccccc1)C(=O)NC(=O)[C@@H](N)CCCCN. The van der Waals surface area contributed by atoms with Crippen molar-refractivity contribution in [3.63, 3.8) is 0 Å². The van der Waals surface area contributed by atoms with Crippen LogP contribution in [-0.4, -0.2) is 98.2 Å². The number of carbonyl (C=O) groups is 6. The van der Waals surface area contributed by atoms with Crippen LogP contribution in [-0.2, 0) is 54.5 Å². The molecule has 0 aliphatic carbocycles. The zero-order chi connectivity index (χ0) is 45.6. The number of para-hydroxylation sites is 2. The van der Waals surface area contributed by atoms with Gasteiger partial charge in [-0.25, -0.2) is 4.98 Å². The fraction of sp³-hybridized carbons (Fsp3) is 0.326. The van der Waals surface area contributed by atoms with Crippen molar-refractivity contribution in [1.29, 1.82) is 0 Å². The number of nitrogens with two attached hydrogens (primary N) is 3. The summed E-state index contributed by atoms with van der Waals surface area (Å²) in [7, 11) is 0. The summed E-state index contributed by atoms with van der Waals surface area (Å²) >= 11 is 0. The Balaban J connectivity index is 1.21. The predicted molar refractivity (Wildman–Crippen MR) is 242 cm³/mol. The van der Waals surface area contributed by atoms with E-state index in [1.807, 2.05) is 54.6 Å². The van der Waals surface area contributed by atoms with E-state index in [2.05, 4.69) is 46.5 Å². The second kappa shape index (κ2) is 22.3. The van der Waals surface area contributed by atoms with E-state index in [1.54, 1.807) is 42.9 Å². The Morgan fingerprint density at radius 3 is 1.72 bits per heavy atom. The van der Waals surface area contributed by atoms with Gasteiger partial charge >= 0.3 is 0 Å². The average Bonchev–Trinajstić information content (AvgIpc) is 4.07. The molecule has 6 amide bonds. The fourth-order valence-corrected chi connectivity index (χ4v) is 7.41. The molecular weight excluding hydrogens is 817 g/mol. The topological polar surface area (TPSA) is 301 Å². The Labute approximate surface area is 369 Å². The van der Waals surface area contributed by atoms with E-state index < -0.39 is 71.7 Å². The number of hydrogen-bond acceptors (Lipinski definition) is 10. The summed E-state index contributed by atoms with van der Waals surface area (Å²) in [5.74, 6) is -4.17. The van der Waals surface area contributed by atoms with Gasteiger partial charge in [0, 0.05) is 71.8 Å². The quantitative estimate of drug-likeness (QED) is 0.0431. The van der Waals surface area contributed by atoms with E-state index in [-0.39, 0.29) is 25.7 Å². The van der Waals surface area contributed by atoms with Crippen molar-refractivity contribution in [2.24, 2.45) is 17.2 Å². The molecule has 336 valence electrons. The van der Waals surface area contributed by atoms with Crippen LogP contribution in [0.2, 0.25) is 0 Å². The van der Waals surface area contributed by atoms with E-state index in [0.29, 0.717) is 42.6 Å². The van der Waals surface area contributed by atoms with E-state index in [4.69, 9.17) is 17.2 Å². The number of imide groups is 1. The minimum Gasteiger partial charge on any atom is -0.361 e. The third kappa shape index (κ3) is 12.5. The Morgan fingerprint density at radius 2 is 1.12 bits per heavy atom. The Bertz CT molecular complexity index is 2520. The molecule has 14 N–H and O–H groups in total. The molecule has 3 aromatic carbocycles. The molecule has 0 saturated carbocycles. The summed E-state index contributed by atoms with van der Waals surface area (Å²) in [5.41, 5.74) is 22.3. The lowest BCUT2D eigenvalue weighted by Crippen LogP contribution is -2.59. The van der Waals surface area contributed by atoms with Crippen LogP contribution in [0.3, 0.4) is 0 Å². The molecule has 6 atom stereocenters. The highest BCUT2D eigenvalue weighted by atomic mass is 16.2. The molecule has 0 aliphatic heterocycles. The van der Waals surface area contributed by atoms with Gasteiger partial charge in [-0.3, -0.25) is 34.1 Å². The zero-order valence-electron chi connectivity index (χ0n) is 35.6. The number of aromatic nitrogens is 4. The number of unbranched alkanes of at least 4 members (excludes halogenated alkanes) is 1. The third-order valence-corrected chi connectivity index (χ3v) is 11.0. The first kappa shape index (κ1) is 46.4. The van der Waals surface area contributed by atoms with Gasteiger partial charge in [0.2, 0.25) is 35.4 Å². The fourth-order valence-electron chi connectivity index (χ4n) is 7.41. The van der Waals surface area contributed by atoms with Crippen LogP contribution in [0.25, 0.3) is 21.8 Å². The van der Waals surface area contributed by atoms with Crippen LogP contribution < -0.4 is 43.8 Å². The van der Waals surface area contributed by atoms with Gasteiger partial charge in [-0.15, -0.1) is 0 Å². The number of fused-ring (bicyclic) bond motifs is 2. The molecule has 6 aromatic rings. The molecule has 6 rings (SSSR count). The minimum atomic E-state index is -1.27. The number of imidazole rings is 1. The van der Waals surface area contributed by atoms with Crippen molar-refractivity contribution < 1.29 is 28.8 Å². The molecule has 0 fully saturated rings. The minimum absolute atomic E-state index is 0.0135. The van der Waals surface area contributed by atoms with E-state index in [1.165, 1.54) is 13.3 Å². The van der Waals surface area contributed by atoms with Crippen LogP contribution in [0.1, 0.15) is 48.6 Å². The molecule has 18 nitrogen and oxygen atoms in total. The van der Waals surface area contributed by atoms with Gasteiger partial charge < -0.3 is 53.4 Å². The summed E-state index contributed by atoms with van der Waals surface area (Å²) in [6, 6.07) is 17.0. The number of aromatic amines is 3. The maximum Gasteiger partial charge on any atom is 0.249 e. The molecule has 0 radical (unpaired) electrons. The maximum atomic E-state index is 14.4. The molecule has 18 heteroatoms. The molecule has 0 saturated heterocycles. The first-order valence-electron chi connectivity index (χ1n) is 21.3. The lowest BCUT2D eigenvalue weighted by Gasteiger charge is -2.26. The molecule has 3 heterocycles. The monoisotopic (exact) mass is 872 g/mol. The number of nitrogens with zero attached hydrogens (tertiary/aromatic N) is 1. The van der Waals surface area contributed by atoms with Crippen LogP contribution in [0.4, 0.5) is 0 Å². The van der Waals surface area contributed by atoms with Gasteiger partial charge in [0.15, 0.2) is 0 Å². The molecule has 0 spiro atoms. The van der Waals surface area contributed by atoms with Crippen LogP contribution in [0.15, 0.2) is 104 Å². The van der Waals surface area contributed by atoms with Crippen molar-refractivity contribution in [3.05, 3.63) is 126 Å². The lowest BCUT2D eigenvalue weighted by molar-refractivity contribution is -0.136. The van der Waals surface area contributed by atoms with Gasteiger partial charge in [0.1, 0.15) is 24.2 Å². The number of rotatable bonds is 22. The number of carbonyl (C=O) groups excluding carboxylic acids is 6. The largest absolute Gasteiger partial charge is 0.361 e. The van der Waals surface area contributed by atoms with Crippen molar-refractivity contribution >= 4 is 57.2 Å². The van der Waals surface area contributed by atoms with Gasteiger partial charge in [0.25, 0.3) is 0 Å². The van der Waals surface area contributed by atoms with Crippen LogP contribution in [0, 0.1) is 0 Å². The first-order chi connectivity index (χ1) is 30.9. The second-order valence-corrected chi connectivity index (χ2v) is 15.9. The van der Waals surface area contributed by atoms with Gasteiger partial charge in [0.05, 0.1) is 18.4 Å².